The zero-order valence-electron chi connectivity index (χ0n) is 9.37. The first-order chi connectivity index (χ1) is 8.61. The van der Waals surface area contributed by atoms with Gasteiger partial charge in [-0.05, 0) is 50.1 Å². The van der Waals surface area contributed by atoms with Gasteiger partial charge in [-0.1, -0.05) is 0 Å². The van der Waals surface area contributed by atoms with Crippen LogP contribution in [0.1, 0.15) is 10.6 Å². The monoisotopic (exact) mass is 373 g/mol. The van der Waals surface area contributed by atoms with Crippen molar-refractivity contribution in [2.24, 2.45) is 0 Å². The third-order valence-corrected chi connectivity index (χ3v) is 3.51. The number of amides is 1. The van der Waals surface area contributed by atoms with Gasteiger partial charge >= 0.3 is 0 Å². The van der Waals surface area contributed by atoms with Crippen LogP contribution in [0.2, 0.25) is 0 Å². The fourth-order valence-electron chi connectivity index (χ4n) is 1.37. The number of hydrogen-bond donors (Lipinski definition) is 1. The summed E-state index contributed by atoms with van der Waals surface area (Å²) in [5.74, 6) is 0.571. The van der Waals surface area contributed by atoms with E-state index in [9.17, 15) is 4.79 Å². The van der Waals surface area contributed by atoms with Crippen LogP contribution < -0.4 is 10.1 Å². The molecule has 94 valence electrons. The fourth-order valence-corrected chi connectivity index (χ4v) is 2.63. The van der Waals surface area contributed by atoms with Crippen LogP contribution in [-0.4, -0.2) is 13.0 Å². The number of hydrogen-bond acceptors (Lipinski definition) is 3. The van der Waals surface area contributed by atoms with Crippen LogP contribution in [0, 0.1) is 0 Å². The second kappa shape index (κ2) is 5.58. The Hall–Kier alpha value is -1.27. The van der Waals surface area contributed by atoms with Crippen LogP contribution in [-0.2, 0) is 0 Å². The quantitative estimate of drug-likeness (QED) is 0.881. The first kappa shape index (κ1) is 13.2. The standard InChI is InChI=1S/C12H9Br2NO3/c1-17-11-6-9(7(13)5-8(11)14)15-12(16)10-3-2-4-18-10/h2-6H,1H3,(H,15,16). The summed E-state index contributed by atoms with van der Waals surface area (Å²) in [5.41, 5.74) is 0.608. The normalized spacial score (nSPS) is 10.2. The molecule has 0 saturated carbocycles. The van der Waals surface area contributed by atoms with Crippen molar-refractivity contribution in [2.45, 2.75) is 0 Å². The average molecular weight is 375 g/mol. The van der Waals surface area contributed by atoms with Gasteiger partial charge in [0.1, 0.15) is 5.75 Å². The minimum atomic E-state index is -0.315. The molecule has 0 unspecified atom stereocenters. The van der Waals surface area contributed by atoms with Gasteiger partial charge in [0.05, 0.1) is 23.5 Å². The van der Waals surface area contributed by atoms with E-state index >= 15 is 0 Å². The van der Waals surface area contributed by atoms with Crippen molar-refractivity contribution in [1.29, 1.82) is 0 Å². The molecule has 0 bridgehead atoms. The number of nitrogens with one attached hydrogen (secondary N) is 1. The molecule has 1 aromatic heterocycles. The summed E-state index contributed by atoms with van der Waals surface area (Å²) in [6.45, 7) is 0. The lowest BCUT2D eigenvalue weighted by molar-refractivity contribution is 0.0996. The highest BCUT2D eigenvalue weighted by molar-refractivity contribution is 9.11. The molecule has 0 saturated heterocycles. The smallest absolute Gasteiger partial charge is 0.291 e. The summed E-state index contributed by atoms with van der Waals surface area (Å²) in [5, 5.41) is 2.73. The molecule has 4 nitrogen and oxygen atoms in total. The molecule has 6 heteroatoms. The second-order valence-electron chi connectivity index (χ2n) is 3.40. The molecular weight excluding hydrogens is 366 g/mol. The predicted octanol–water partition coefficient (Wildman–Crippen LogP) is 4.07. The zero-order valence-corrected chi connectivity index (χ0v) is 12.5. The van der Waals surface area contributed by atoms with Gasteiger partial charge in [0.25, 0.3) is 5.91 Å². The van der Waals surface area contributed by atoms with Gasteiger partial charge in [0, 0.05) is 10.5 Å². The maximum Gasteiger partial charge on any atom is 0.291 e. The van der Waals surface area contributed by atoms with Crippen molar-refractivity contribution in [3.05, 3.63) is 45.2 Å². The third kappa shape index (κ3) is 2.76. The van der Waals surface area contributed by atoms with E-state index in [0.29, 0.717) is 11.4 Å². The van der Waals surface area contributed by atoms with Crippen LogP contribution in [0.3, 0.4) is 0 Å². The molecule has 0 aliphatic heterocycles. The molecule has 2 rings (SSSR count). The highest BCUT2D eigenvalue weighted by Gasteiger charge is 2.13. The molecule has 2 aromatic rings. The first-order valence-corrected chi connectivity index (χ1v) is 6.58. The van der Waals surface area contributed by atoms with E-state index in [2.05, 4.69) is 37.2 Å². The summed E-state index contributed by atoms with van der Waals surface area (Å²) in [6, 6.07) is 6.77. The highest BCUT2D eigenvalue weighted by Crippen LogP contribution is 2.34. The number of benzene rings is 1. The maximum atomic E-state index is 11.8. The van der Waals surface area contributed by atoms with Crippen LogP contribution >= 0.6 is 31.9 Å². The van der Waals surface area contributed by atoms with Crippen molar-refractivity contribution in [3.8, 4) is 5.75 Å². The van der Waals surface area contributed by atoms with Crippen molar-refractivity contribution in [1.82, 2.24) is 0 Å². The lowest BCUT2D eigenvalue weighted by atomic mass is 10.3. The van der Waals surface area contributed by atoms with Crippen LogP contribution in [0.5, 0.6) is 5.75 Å². The lowest BCUT2D eigenvalue weighted by Gasteiger charge is -2.10. The summed E-state index contributed by atoms with van der Waals surface area (Å²) in [4.78, 5) is 11.8. The molecule has 1 aromatic carbocycles. The Kier molecular flexibility index (Phi) is 4.08. The van der Waals surface area contributed by atoms with Crippen molar-refractivity contribution >= 4 is 43.5 Å². The Labute approximate surface area is 121 Å². The molecule has 0 fully saturated rings. The van der Waals surface area contributed by atoms with E-state index in [1.165, 1.54) is 6.26 Å². The van der Waals surface area contributed by atoms with Crippen molar-refractivity contribution < 1.29 is 13.9 Å². The van der Waals surface area contributed by atoms with Crippen LogP contribution in [0.25, 0.3) is 0 Å². The van der Waals surface area contributed by atoms with Gasteiger partial charge in [0.15, 0.2) is 5.76 Å². The first-order valence-electron chi connectivity index (χ1n) is 4.99. The van der Waals surface area contributed by atoms with Gasteiger partial charge in [-0.25, -0.2) is 0 Å². The number of anilines is 1. The van der Waals surface area contributed by atoms with Crippen molar-refractivity contribution in [3.63, 3.8) is 0 Å². The SMILES string of the molecule is COc1cc(NC(=O)c2ccco2)c(Br)cc1Br. The number of halogens is 2. The molecule has 1 amide bonds. The predicted molar refractivity (Wildman–Crippen MR) is 75.1 cm³/mol. The molecule has 0 aliphatic rings. The van der Waals surface area contributed by atoms with Gasteiger partial charge in [-0.15, -0.1) is 0 Å². The topological polar surface area (TPSA) is 51.5 Å². The molecular formula is C12H9Br2NO3. The van der Waals surface area contributed by atoms with E-state index in [1.54, 1.807) is 31.4 Å². The van der Waals surface area contributed by atoms with E-state index in [0.717, 1.165) is 8.95 Å². The molecule has 0 aliphatic carbocycles. The number of carbonyl (C=O) groups is 1. The molecule has 0 spiro atoms. The number of furan rings is 1. The van der Waals surface area contributed by atoms with Gasteiger partial charge in [-0.3, -0.25) is 4.79 Å². The number of ether oxygens (including phenoxy) is 1. The molecule has 18 heavy (non-hydrogen) atoms. The lowest BCUT2D eigenvalue weighted by Crippen LogP contribution is -2.11. The Bertz CT molecular complexity index is 567. The Morgan fingerprint density at radius 2 is 2.11 bits per heavy atom. The van der Waals surface area contributed by atoms with Crippen molar-refractivity contribution in [2.75, 3.05) is 12.4 Å². The average Bonchev–Trinajstić information content (AvgIpc) is 2.86. The molecule has 1 N–H and O–H groups in total. The Balaban J connectivity index is 2.26. The van der Waals surface area contributed by atoms with E-state index < -0.39 is 0 Å². The van der Waals surface area contributed by atoms with Gasteiger partial charge < -0.3 is 14.5 Å². The minimum Gasteiger partial charge on any atom is -0.495 e. The van der Waals surface area contributed by atoms with Crippen LogP contribution in [0.15, 0.2) is 43.9 Å². The Morgan fingerprint density at radius 1 is 1.33 bits per heavy atom. The Morgan fingerprint density at radius 3 is 2.72 bits per heavy atom. The third-order valence-electron chi connectivity index (χ3n) is 2.23. The van der Waals surface area contributed by atoms with Crippen LogP contribution in [0.4, 0.5) is 5.69 Å². The van der Waals surface area contributed by atoms with E-state index in [4.69, 9.17) is 9.15 Å². The molecule has 0 radical (unpaired) electrons. The summed E-state index contributed by atoms with van der Waals surface area (Å²) >= 11 is 6.73. The number of carbonyl (C=O) groups excluding carboxylic acids is 1. The fraction of sp³-hybridized carbons (Fsp3) is 0.0833. The number of rotatable bonds is 3. The van der Waals surface area contributed by atoms with E-state index in [1.807, 2.05) is 0 Å². The second-order valence-corrected chi connectivity index (χ2v) is 5.11. The van der Waals surface area contributed by atoms with E-state index in [-0.39, 0.29) is 11.7 Å². The summed E-state index contributed by atoms with van der Waals surface area (Å²) in [6.07, 6.45) is 1.45. The minimum absolute atomic E-state index is 0.254. The van der Waals surface area contributed by atoms with Gasteiger partial charge in [-0.2, -0.15) is 0 Å². The number of methoxy groups -OCH3 is 1. The largest absolute Gasteiger partial charge is 0.495 e. The zero-order chi connectivity index (χ0) is 13.1. The maximum absolute atomic E-state index is 11.8. The highest BCUT2D eigenvalue weighted by atomic mass is 79.9. The summed E-state index contributed by atoms with van der Waals surface area (Å²) < 4.78 is 11.7. The molecule has 0 atom stereocenters. The van der Waals surface area contributed by atoms with Gasteiger partial charge in [0.2, 0.25) is 0 Å². The summed E-state index contributed by atoms with van der Waals surface area (Å²) in [7, 11) is 1.56. The molecule has 1 heterocycles.